The van der Waals surface area contributed by atoms with Gasteiger partial charge in [-0.05, 0) is 73.3 Å². The van der Waals surface area contributed by atoms with Crippen LogP contribution in [0.2, 0.25) is 0 Å². The van der Waals surface area contributed by atoms with E-state index in [2.05, 4.69) is 51.1 Å². The number of aryl methyl sites for hydroxylation is 2. The maximum Gasteiger partial charge on any atom is 0.321 e. The fraction of sp³-hybridized carbons (Fsp3) is 0.588. The number of carbonyl (C=O) groups excluding carboxylic acids is 1. The van der Waals surface area contributed by atoms with Crippen LogP contribution in [-0.2, 0) is 23.1 Å². The van der Waals surface area contributed by atoms with Crippen molar-refractivity contribution in [2.45, 2.75) is 122 Å². The Kier molecular flexibility index (Phi) is 11.7. The van der Waals surface area contributed by atoms with Gasteiger partial charge in [0.05, 0.1) is 11.0 Å². The Balaban J connectivity index is 1.67. The number of esters is 1. The van der Waals surface area contributed by atoms with Gasteiger partial charge in [-0.1, -0.05) is 109 Å². The van der Waals surface area contributed by atoms with E-state index in [0.717, 1.165) is 62.5 Å². The molecule has 1 aliphatic carbocycles. The average Bonchev–Trinajstić information content (AvgIpc) is 2.92. The fourth-order valence-electron chi connectivity index (χ4n) is 5.60. The first-order chi connectivity index (χ1) is 18.0. The second-order valence-electron chi connectivity index (χ2n) is 11.5. The van der Waals surface area contributed by atoms with E-state index in [-0.39, 0.29) is 5.97 Å². The lowest BCUT2D eigenvalue weighted by Crippen LogP contribution is -2.41. The number of hydrogen-bond acceptors (Lipinski definition) is 3. The van der Waals surface area contributed by atoms with Gasteiger partial charge in [-0.15, -0.1) is 0 Å². The van der Waals surface area contributed by atoms with Crippen LogP contribution in [-0.4, -0.2) is 5.97 Å². The Morgan fingerprint density at radius 1 is 0.892 bits per heavy atom. The van der Waals surface area contributed by atoms with Gasteiger partial charge in [-0.25, -0.2) is 0 Å². The number of unbranched alkanes of at least 4 members (excludes halogenated alkanes) is 6. The Morgan fingerprint density at radius 2 is 1.54 bits per heavy atom. The second kappa shape index (κ2) is 15.0. The molecule has 1 saturated carbocycles. The van der Waals surface area contributed by atoms with Gasteiger partial charge in [0, 0.05) is 0 Å². The zero-order valence-electron chi connectivity index (χ0n) is 23.5. The molecule has 0 saturated heterocycles. The third-order valence-electron chi connectivity index (χ3n) is 8.05. The number of benzene rings is 2. The molecule has 0 heterocycles. The maximum absolute atomic E-state index is 13.7. The normalized spacial score (nSPS) is 14.9. The van der Waals surface area contributed by atoms with Crippen molar-refractivity contribution in [3.8, 4) is 11.8 Å². The summed E-state index contributed by atoms with van der Waals surface area (Å²) < 4.78 is 6.02. The molecule has 0 bridgehead atoms. The van der Waals surface area contributed by atoms with Crippen LogP contribution in [0.25, 0.3) is 0 Å². The van der Waals surface area contributed by atoms with Crippen molar-refractivity contribution in [1.82, 2.24) is 0 Å². The van der Waals surface area contributed by atoms with Crippen LogP contribution < -0.4 is 4.74 Å². The molecule has 3 nitrogen and oxygen atoms in total. The summed E-state index contributed by atoms with van der Waals surface area (Å²) in [7, 11) is 0. The SMILES string of the molecule is CCCCCCCCCc1ccc(OC(=O)C2(c3ccc(CCC(C)C)cc3)CCCCC2)c(C#N)c1. The average molecular weight is 502 g/mol. The summed E-state index contributed by atoms with van der Waals surface area (Å²) in [4.78, 5) is 13.7. The first-order valence-electron chi connectivity index (χ1n) is 14.8. The van der Waals surface area contributed by atoms with Crippen molar-refractivity contribution in [1.29, 1.82) is 5.26 Å². The van der Waals surface area contributed by atoms with Crippen LogP contribution in [0, 0.1) is 17.2 Å². The summed E-state index contributed by atoms with van der Waals surface area (Å²) in [5.41, 5.74) is 3.36. The zero-order chi connectivity index (χ0) is 26.5. The standard InChI is InChI=1S/C34H47NO2/c1-4-5-6-7-8-9-11-14-29-19-22-32(30(25-29)26-35)37-33(36)34(23-12-10-13-24-34)31-20-17-28(18-21-31)16-15-27(2)3/h17-22,25,27H,4-16,23-24H2,1-3H3. The molecule has 0 amide bonds. The molecule has 2 aromatic carbocycles. The van der Waals surface area contributed by atoms with Crippen LogP contribution in [0.4, 0.5) is 0 Å². The molecule has 0 unspecified atom stereocenters. The van der Waals surface area contributed by atoms with E-state index < -0.39 is 5.41 Å². The summed E-state index contributed by atoms with van der Waals surface area (Å²) in [5.74, 6) is 0.864. The molecule has 0 aromatic heterocycles. The van der Waals surface area contributed by atoms with Gasteiger partial charge >= 0.3 is 5.97 Å². The minimum atomic E-state index is -0.627. The summed E-state index contributed by atoms with van der Waals surface area (Å²) in [6.07, 6.45) is 16.9. The Labute approximate surface area is 225 Å². The predicted molar refractivity (Wildman–Crippen MR) is 153 cm³/mol. The molecule has 3 rings (SSSR count). The van der Waals surface area contributed by atoms with Crippen molar-refractivity contribution in [3.63, 3.8) is 0 Å². The molecular weight excluding hydrogens is 454 g/mol. The van der Waals surface area contributed by atoms with Crippen LogP contribution >= 0.6 is 0 Å². The van der Waals surface area contributed by atoms with E-state index in [1.54, 1.807) is 0 Å². The molecule has 0 N–H and O–H groups in total. The molecule has 0 aliphatic heterocycles. The third-order valence-corrected chi connectivity index (χ3v) is 8.05. The molecule has 1 fully saturated rings. The van der Waals surface area contributed by atoms with Gasteiger partial charge in [-0.3, -0.25) is 4.79 Å². The van der Waals surface area contributed by atoms with E-state index in [1.165, 1.54) is 50.5 Å². The lowest BCUT2D eigenvalue weighted by atomic mass is 9.69. The van der Waals surface area contributed by atoms with E-state index in [0.29, 0.717) is 17.2 Å². The van der Waals surface area contributed by atoms with Crippen LogP contribution in [0.15, 0.2) is 42.5 Å². The van der Waals surface area contributed by atoms with E-state index in [4.69, 9.17) is 4.74 Å². The van der Waals surface area contributed by atoms with E-state index >= 15 is 0 Å². The van der Waals surface area contributed by atoms with E-state index in [1.807, 2.05) is 18.2 Å². The van der Waals surface area contributed by atoms with Crippen molar-refractivity contribution in [3.05, 3.63) is 64.7 Å². The number of ether oxygens (including phenoxy) is 1. The number of nitrogens with zero attached hydrogens (tertiary/aromatic N) is 1. The van der Waals surface area contributed by atoms with Gasteiger partial charge in [0.1, 0.15) is 11.8 Å². The predicted octanol–water partition coefficient (Wildman–Crippen LogP) is 9.25. The molecule has 200 valence electrons. The number of hydrogen-bond donors (Lipinski definition) is 0. The summed E-state index contributed by atoms with van der Waals surface area (Å²) in [5, 5.41) is 9.82. The summed E-state index contributed by atoms with van der Waals surface area (Å²) in [6.45, 7) is 6.74. The minimum absolute atomic E-state index is 0.210. The van der Waals surface area contributed by atoms with Gasteiger partial charge < -0.3 is 4.74 Å². The smallest absolute Gasteiger partial charge is 0.321 e. The molecule has 0 radical (unpaired) electrons. The fourth-order valence-corrected chi connectivity index (χ4v) is 5.60. The second-order valence-corrected chi connectivity index (χ2v) is 11.5. The van der Waals surface area contributed by atoms with Crippen LogP contribution in [0.1, 0.15) is 126 Å². The third kappa shape index (κ3) is 8.46. The number of carbonyl (C=O) groups is 1. The highest BCUT2D eigenvalue weighted by Gasteiger charge is 2.43. The van der Waals surface area contributed by atoms with Crippen LogP contribution in [0.3, 0.4) is 0 Å². The zero-order valence-corrected chi connectivity index (χ0v) is 23.5. The molecule has 3 heteroatoms. The van der Waals surface area contributed by atoms with Crippen molar-refractivity contribution in [2.24, 2.45) is 5.92 Å². The minimum Gasteiger partial charge on any atom is -0.424 e. The first kappa shape index (κ1) is 29.0. The first-order valence-corrected chi connectivity index (χ1v) is 14.8. The van der Waals surface area contributed by atoms with Gasteiger partial charge in [0.2, 0.25) is 0 Å². The molecule has 2 aromatic rings. The van der Waals surface area contributed by atoms with Crippen molar-refractivity contribution in [2.75, 3.05) is 0 Å². The Bertz CT molecular complexity index is 1010. The van der Waals surface area contributed by atoms with Crippen molar-refractivity contribution < 1.29 is 9.53 Å². The quantitative estimate of drug-likeness (QED) is 0.147. The molecule has 37 heavy (non-hydrogen) atoms. The van der Waals surface area contributed by atoms with Gasteiger partial charge in [0.15, 0.2) is 0 Å². The molecular formula is C34H47NO2. The maximum atomic E-state index is 13.7. The van der Waals surface area contributed by atoms with Crippen molar-refractivity contribution >= 4 is 5.97 Å². The Hall–Kier alpha value is -2.60. The Morgan fingerprint density at radius 3 is 2.19 bits per heavy atom. The largest absolute Gasteiger partial charge is 0.424 e. The molecule has 0 atom stereocenters. The van der Waals surface area contributed by atoms with Gasteiger partial charge in [-0.2, -0.15) is 5.26 Å². The summed E-state index contributed by atoms with van der Waals surface area (Å²) in [6, 6.07) is 16.7. The molecule has 0 spiro atoms. The summed E-state index contributed by atoms with van der Waals surface area (Å²) >= 11 is 0. The van der Waals surface area contributed by atoms with E-state index in [9.17, 15) is 10.1 Å². The monoisotopic (exact) mass is 501 g/mol. The van der Waals surface area contributed by atoms with Gasteiger partial charge in [0.25, 0.3) is 0 Å². The highest BCUT2D eigenvalue weighted by Crippen LogP contribution is 2.41. The highest BCUT2D eigenvalue weighted by molar-refractivity contribution is 5.85. The highest BCUT2D eigenvalue weighted by atomic mass is 16.5. The topological polar surface area (TPSA) is 50.1 Å². The lowest BCUT2D eigenvalue weighted by Gasteiger charge is -2.35. The number of nitriles is 1. The van der Waals surface area contributed by atoms with Crippen LogP contribution in [0.5, 0.6) is 5.75 Å². The number of rotatable bonds is 14. The molecule has 1 aliphatic rings. The lowest BCUT2D eigenvalue weighted by molar-refractivity contribution is -0.142.